The molecule has 0 spiro atoms. The Hall–Kier alpha value is -1.05. The van der Waals surface area contributed by atoms with Crippen LogP contribution >= 0.6 is 0 Å². The first-order valence-electron chi connectivity index (χ1n) is 5.22. The monoisotopic (exact) mass is 210 g/mol. The van der Waals surface area contributed by atoms with Crippen molar-refractivity contribution in [2.45, 2.75) is 18.9 Å². The van der Waals surface area contributed by atoms with Gasteiger partial charge in [-0.2, -0.15) is 0 Å². The van der Waals surface area contributed by atoms with Gasteiger partial charge in [0.15, 0.2) is 0 Å². The fourth-order valence-corrected chi connectivity index (χ4v) is 1.72. The molecule has 1 fully saturated rings. The highest BCUT2D eigenvalue weighted by Gasteiger charge is 2.18. The lowest BCUT2D eigenvalue weighted by atomic mass is 10.1. The fraction of sp³-hybridized carbons (Fsp3) is 0.727. The fourth-order valence-electron chi connectivity index (χ4n) is 1.72. The zero-order valence-corrected chi connectivity index (χ0v) is 9.16. The zero-order valence-electron chi connectivity index (χ0n) is 9.16. The van der Waals surface area contributed by atoms with Crippen molar-refractivity contribution < 1.29 is 9.53 Å². The van der Waals surface area contributed by atoms with Crippen LogP contribution < -0.4 is 5.32 Å². The lowest BCUT2D eigenvalue weighted by Crippen LogP contribution is -2.44. The summed E-state index contributed by atoms with van der Waals surface area (Å²) in [5.74, 6) is 2.44. The molecule has 1 saturated heterocycles. The second-order valence-corrected chi connectivity index (χ2v) is 3.71. The molecule has 1 heterocycles. The van der Waals surface area contributed by atoms with Gasteiger partial charge >= 0.3 is 5.97 Å². The second-order valence-electron chi connectivity index (χ2n) is 3.71. The van der Waals surface area contributed by atoms with Crippen molar-refractivity contribution in [2.75, 3.05) is 33.3 Å². The molecule has 1 aliphatic heterocycles. The zero-order chi connectivity index (χ0) is 11.1. The van der Waals surface area contributed by atoms with Gasteiger partial charge in [0, 0.05) is 19.1 Å². The van der Waals surface area contributed by atoms with E-state index >= 15 is 0 Å². The largest absolute Gasteiger partial charge is 0.468 e. The van der Waals surface area contributed by atoms with E-state index in [0.717, 1.165) is 32.5 Å². The molecule has 0 aromatic carbocycles. The number of ether oxygens (including phenoxy) is 1. The van der Waals surface area contributed by atoms with Crippen LogP contribution in [0.1, 0.15) is 12.8 Å². The lowest BCUT2D eigenvalue weighted by molar-refractivity contribution is -0.139. The molecule has 0 aliphatic carbocycles. The van der Waals surface area contributed by atoms with E-state index < -0.39 is 0 Å². The molecule has 4 heteroatoms. The Balaban J connectivity index is 2.15. The number of carbonyl (C=O) groups excluding carboxylic acids is 1. The number of piperidine rings is 1. The van der Waals surface area contributed by atoms with Crippen LogP contribution in [0, 0.1) is 12.3 Å². The Bertz CT molecular complexity index is 239. The maximum atomic E-state index is 10.9. The van der Waals surface area contributed by atoms with Crippen molar-refractivity contribution in [3.05, 3.63) is 0 Å². The molecule has 84 valence electrons. The van der Waals surface area contributed by atoms with E-state index in [1.807, 2.05) is 0 Å². The number of hydrogen-bond donors (Lipinski definition) is 1. The molecule has 1 aliphatic rings. The summed E-state index contributed by atoms with van der Waals surface area (Å²) in [5.41, 5.74) is 0. The number of rotatable bonds is 4. The van der Waals surface area contributed by atoms with Crippen molar-refractivity contribution in [3.63, 3.8) is 0 Å². The standard InChI is InChI=1S/C11H18N2O2/c1-3-6-13-7-4-10(5-8-13)12-9-11(14)15-2/h1,10,12H,4-9H2,2H3. The van der Waals surface area contributed by atoms with Gasteiger partial charge in [-0.25, -0.2) is 0 Å². The molecule has 0 unspecified atom stereocenters. The molecule has 0 aromatic rings. The first-order valence-corrected chi connectivity index (χ1v) is 5.22. The first-order chi connectivity index (χ1) is 7.26. The molecule has 15 heavy (non-hydrogen) atoms. The summed E-state index contributed by atoms with van der Waals surface area (Å²) < 4.78 is 4.56. The Morgan fingerprint density at radius 2 is 2.27 bits per heavy atom. The van der Waals surface area contributed by atoms with Crippen LogP contribution in [-0.4, -0.2) is 50.2 Å². The average Bonchev–Trinajstić information content (AvgIpc) is 2.28. The second kappa shape index (κ2) is 6.44. The van der Waals surface area contributed by atoms with Crippen molar-refractivity contribution in [3.8, 4) is 12.3 Å². The topological polar surface area (TPSA) is 41.6 Å². The van der Waals surface area contributed by atoms with Crippen LogP contribution in [0.15, 0.2) is 0 Å². The summed E-state index contributed by atoms with van der Waals surface area (Å²) >= 11 is 0. The summed E-state index contributed by atoms with van der Waals surface area (Å²) in [6.07, 6.45) is 7.32. The molecule has 4 nitrogen and oxygen atoms in total. The number of carbonyl (C=O) groups is 1. The Morgan fingerprint density at radius 3 is 2.80 bits per heavy atom. The van der Waals surface area contributed by atoms with Crippen LogP contribution in [0.2, 0.25) is 0 Å². The van der Waals surface area contributed by atoms with E-state index in [0.29, 0.717) is 12.6 Å². The molecule has 0 bridgehead atoms. The summed E-state index contributed by atoms with van der Waals surface area (Å²) in [5, 5.41) is 3.18. The highest BCUT2D eigenvalue weighted by Crippen LogP contribution is 2.09. The smallest absolute Gasteiger partial charge is 0.319 e. The van der Waals surface area contributed by atoms with E-state index in [1.165, 1.54) is 7.11 Å². The van der Waals surface area contributed by atoms with Crippen LogP contribution in [0.5, 0.6) is 0 Å². The molecule has 1 N–H and O–H groups in total. The minimum Gasteiger partial charge on any atom is -0.468 e. The number of nitrogens with zero attached hydrogens (tertiary/aromatic N) is 1. The summed E-state index contributed by atoms with van der Waals surface area (Å²) in [6.45, 7) is 3.03. The molecule has 1 rings (SSSR count). The Labute approximate surface area is 91.0 Å². The Morgan fingerprint density at radius 1 is 1.60 bits per heavy atom. The molecule has 0 saturated carbocycles. The number of nitrogens with one attached hydrogen (secondary N) is 1. The number of esters is 1. The van der Waals surface area contributed by atoms with Crippen LogP contribution in [0.3, 0.4) is 0 Å². The van der Waals surface area contributed by atoms with E-state index in [9.17, 15) is 4.79 Å². The predicted octanol–water partition coefficient (Wildman–Crippen LogP) is -0.153. The third-order valence-electron chi connectivity index (χ3n) is 2.67. The van der Waals surface area contributed by atoms with Crippen molar-refractivity contribution in [1.29, 1.82) is 0 Å². The normalized spacial score (nSPS) is 18.4. The summed E-state index contributed by atoms with van der Waals surface area (Å²) in [7, 11) is 1.40. The predicted molar refractivity (Wildman–Crippen MR) is 58.3 cm³/mol. The van der Waals surface area contributed by atoms with Gasteiger partial charge in [-0.3, -0.25) is 9.69 Å². The SMILES string of the molecule is C#CCN1CCC(NCC(=O)OC)CC1. The van der Waals surface area contributed by atoms with Crippen molar-refractivity contribution in [2.24, 2.45) is 0 Å². The van der Waals surface area contributed by atoms with Gasteiger partial charge in [-0.05, 0) is 12.8 Å². The van der Waals surface area contributed by atoms with Gasteiger partial charge in [-0.15, -0.1) is 6.42 Å². The number of likely N-dealkylation sites (tertiary alicyclic amines) is 1. The van der Waals surface area contributed by atoms with Gasteiger partial charge < -0.3 is 10.1 Å². The van der Waals surface area contributed by atoms with Gasteiger partial charge in [0.1, 0.15) is 0 Å². The van der Waals surface area contributed by atoms with E-state index in [4.69, 9.17) is 6.42 Å². The molecule has 0 amide bonds. The van der Waals surface area contributed by atoms with E-state index in [1.54, 1.807) is 0 Å². The third-order valence-corrected chi connectivity index (χ3v) is 2.67. The first kappa shape index (κ1) is 12.0. The van der Waals surface area contributed by atoms with Crippen LogP contribution in [-0.2, 0) is 9.53 Å². The summed E-state index contributed by atoms with van der Waals surface area (Å²) in [6, 6.07) is 0.415. The quantitative estimate of drug-likeness (QED) is 0.517. The average molecular weight is 210 g/mol. The van der Waals surface area contributed by atoms with E-state index in [-0.39, 0.29) is 5.97 Å². The highest BCUT2D eigenvalue weighted by molar-refractivity contribution is 5.71. The van der Waals surface area contributed by atoms with Crippen molar-refractivity contribution in [1.82, 2.24) is 10.2 Å². The maximum absolute atomic E-state index is 10.9. The highest BCUT2D eigenvalue weighted by atomic mass is 16.5. The third kappa shape index (κ3) is 4.32. The van der Waals surface area contributed by atoms with Gasteiger partial charge in [0.25, 0.3) is 0 Å². The van der Waals surface area contributed by atoms with Crippen LogP contribution in [0.4, 0.5) is 0 Å². The van der Waals surface area contributed by atoms with Gasteiger partial charge in [0.2, 0.25) is 0 Å². The van der Waals surface area contributed by atoms with Crippen LogP contribution in [0.25, 0.3) is 0 Å². The molecular weight excluding hydrogens is 192 g/mol. The number of hydrogen-bond acceptors (Lipinski definition) is 4. The minimum absolute atomic E-state index is 0.207. The minimum atomic E-state index is -0.207. The maximum Gasteiger partial charge on any atom is 0.319 e. The Kier molecular flexibility index (Phi) is 5.16. The molecule has 0 radical (unpaired) electrons. The molecule has 0 atom stereocenters. The molecule has 0 aromatic heterocycles. The lowest BCUT2D eigenvalue weighted by Gasteiger charge is -2.30. The van der Waals surface area contributed by atoms with Crippen molar-refractivity contribution >= 4 is 5.97 Å². The van der Waals surface area contributed by atoms with Gasteiger partial charge in [-0.1, -0.05) is 5.92 Å². The summed E-state index contributed by atoms with van der Waals surface area (Å²) in [4.78, 5) is 13.1. The number of methoxy groups -OCH3 is 1. The molecular formula is C11H18N2O2. The van der Waals surface area contributed by atoms with E-state index in [2.05, 4.69) is 20.9 Å². The number of terminal acetylenes is 1. The van der Waals surface area contributed by atoms with Gasteiger partial charge in [0.05, 0.1) is 20.2 Å².